The first-order chi connectivity index (χ1) is 15.2. The smallest absolute Gasteiger partial charge is 0.0847 e. The van der Waals surface area contributed by atoms with E-state index in [1.54, 1.807) is 5.57 Å². The van der Waals surface area contributed by atoms with Gasteiger partial charge < -0.3 is 14.9 Å². The van der Waals surface area contributed by atoms with Crippen LogP contribution in [0.2, 0.25) is 0 Å². The fourth-order valence-corrected chi connectivity index (χ4v) is 7.51. The van der Waals surface area contributed by atoms with Crippen molar-refractivity contribution in [3.05, 3.63) is 34.9 Å². The van der Waals surface area contributed by atoms with Crippen LogP contribution in [0.5, 0.6) is 0 Å². The van der Waals surface area contributed by atoms with Gasteiger partial charge in [-0.1, -0.05) is 56.1 Å². The lowest BCUT2D eigenvalue weighted by Crippen LogP contribution is -2.36. The highest BCUT2D eigenvalue weighted by molar-refractivity contribution is 5.31. The van der Waals surface area contributed by atoms with E-state index in [2.05, 4.69) is 32.1 Å². The fourth-order valence-electron chi connectivity index (χ4n) is 7.51. The molecule has 3 aliphatic carbocycles. The van der Waals surface area contributed by atoms with E-state index in [0.29, 0.717) is 11.3 Å². The number of fused-ring (bicyclic) bond motifs is 2. The van der Waals surface area contributed by atoms with Crippen LogP contribution in [-0.4, -0.2) is 34.6 Å². The summed E-state index contributed by atoms with van der Waals surface area (Å²) in [6, 6.07) is 0. The first-order valence-electron chi connectivity index (χ1n) is 13.3. The lowest BCUT2D eigenvalue weighted by Gasteiger charge is -2.44. The predicted molar refractivity (Wildman–Crippen MR) is 131 cm³/mol. The van der Waals surface area contributed by atoms with Crippen molar-refractivity contribution in [2.75, 3.05) is 6.61 Å². The van der Waals surface area contributed by atoms with Gasteiger partial charge in [-0.15, -0.1) is 0 Å². The van der Waals surface area contributed by atoms with E-state index >= 15 is 0 Å². The predicted octanol–water partition coefficient (Wildman–Crippen LogP) is 6.50. The van der Waals surface area contributed by atoms with Gasteiger partial charge in [-0.2, -0.15) is 0 Å². The number of hydrogen-bond acceptors (Lipinski definition) is 3. The maximum absolute atomic E-state index is 10.6. The largest absolute Gasteiger partial charge is 0.390 e. The third-order valence-corrected chi connectivity index (χ3v) is 9.18. The SMILES string of the molecule is C[C@H](CCCC(C)(C)O)[C@H]1CC[C@H]2/C(=C/C=C3/C[C@@H](O)C4=CCCO[C@@H]4C3)CCC[C@]12C. The zero-order valence-electron chi connectivity index (χ0n) is 20.9. The molecule has 3 heteroatoms. The van der Waals surface area contributed by atoms with Crippen LogP contribution in [0.3, 0.4) is 0 Å². The highest BCUT2D eigenvalue weighted by Crippen LogP contribution is 2.60. The Morgan fingerprint density at radius 3 is 2.84 bits per heavy atom. The normalized spacial score (nSPS) is 39.0. The van der Waals surface area contributed by atoms with Crippen molar-refractivity contribution in [2.24, 2.45) is 23.2 Å². The Hall–Kier alpha value is -0.900. The van der Waals surface area contributed by atoms with Gasteiger partial charge >= 0.3 is 0 Å². The second kappa shape index (κ2) is 9.76. The summed E-state index contributed by atoms with van der Waals surface area (Å²) < 4.78 is 5.95. The Kier molecular flexibility index (Phi) is 7.39. The van der Waals surface area contributed by atoms with Gasteiger partial charge in [0.1, 0.15) is 0 Å². The summed E-state index contributed by atoms with van der Waals surface area (Å²) in [4.78, 5) is 0. The molecule has 1 heterocycles. The van der Waals surface area contributed by atoms with E-state index in [0.717, 1.165) is 56.1 Å². The summed E-state index contributed by atoms with van der Waals surface area (Å²) in [6.07, 6.45) is 19.1. The molecule has 180 valence electrons. The minimum atomic E-state index is -0.540. The number of rotatable bonds is 6. The molecule has 32 heavy (non-hydrogen) atoms. The molecule has 6 atom stereocenters. The molecule has 2 N–H and O–H groups in total. The molecule has 0 bridgehead atoms. The minimum Gasteiger partial charge on any atom is -0.390 e. The molecule has 3 nitrogen and oxygen atoms in total. The summed E-state index contributed by atoms with van der Waals surface area (Å²) in [7, 11) is 0. The van der Waals surface area contributed by atoms with Crippen LogP contribution in [0.1, 0.15) is 98.3 Å². The summed E-state index contributed by atoms with van der Waals surface area (Å²) in [5, 5.41) is 20.7. The number of hydrogen-bond donors (Lipinski definition) is 2. The van der Waals surface area contributed by atoms with Crippen molar-refractivity contribution < 1.29 is 14.9 Å². The molecule has 0 radical (unpaired) electrons. The summed E-state index contributed by atoms with van der Waals surface area (Å²) in [6.45, 7) is 9.67. The third-order valence-electron chi connectivity index (χ3n) is 9.18. The maximum Gasteiger partial charge on any atom is 0.0847 e. The molecule has 0 aromatic carbocycles. The Morgan fingerprint density at radius 1 is 1.25 bits per heavy atom. The number of aliphatic hydroxyl groups excluding tert-OH is 1. The van der Waals surface area contributed by atoms with Gasteiger partial charge in [-0.25, -0.2) is 0 Å². The van der Waals surface area contributed by atoms with Gasteiger partial charge in [0.05, 0.1) is 24.4 Å². The molecule has 4 aliphatic rings. The molecule has 4 rings (SSSR count). The zero-order chi connectivity index (χ0) is 22.9. The quantitative estimate of drug-likeness (QED) is 0.461. The molecule has 0 aromatic rings. The van der Waals surface area contributed by atoms with Crippen LogP contribution >= 0.6 is 0 Å². The summed E-state index contributed by atoms with van der Waals surface area (Å²) in [5.74, 6) is 2.24. The zero-order valence-corrected chi connectivity index (χ0v) is 20.9. The van der Waals surface area contributed by atoms with E-state index in [4.69, 9.17) is 4.74 Å². The average molecular weight is 443 g/mol. The molecule has 0 unspecified atom stereocenters. The molecule has 3 saturated carbocycles. The Labute approximate surface area is 196 Å². The van der Waals surface area contributed by atoms with Crippen molar-refractivity contribution in [3.8, 4) is 0 Å². The van der Waals surface area contributed by atoms with Crippen LogP contribution < -0.4 is 0 Å². The third kappa shape index (κ3) is 5.26. The molecule has 0 amide bonds. The van der Waals surface area contributed by atoms with Gasteiger partial charge in [0, 0.05) is 0 Å². The van der Waals surface area contributed by atoms with Crippen molar-refractivity contribution in [2.45, 2.75) is 116 Å². The van der Waals surface area contributed by atoms with E-state index in [1.807, 2.05) is 13.8 Å². The Bertz CT molecular complexity index is 755. The summed E-state index contributed by atoms with van der Waals surface area (Å²) in [5.41, 5.74) is 3.99. The van der Waals surface area contributed by atoms with Gasteiger partial charge in [-0.05, 0) is 100 Å². The molecular formula is C29H46O3. The van der Waals surface area contributed by atoms with Crippen molar-refractivity contribution >= 4 is 0 Å². The monoisotopic (exact) mass is 442 g/mol. The molecular weight excluding hydrogens is 396 g/mol. The van der Waals surface area contributed by atoms with Gasteiger partial charge in [-0.3, -0.25) is 0 Å². The highest BCUT2D eigenvalue weighted by atomic mass is 16.5. The van der Waals surface area contributed by atoms with Gasteiger partial charge in [0.15, 0.2) is 0 Å². The first kappa shape index (κ1) is 24.2. The van der Waals surface area contributed by atoms with Crippen LogP contribution in [0, 0.1) is 23.2 Å². The number of aliphatic hydroxyl groups is 2. The second-order valence-electron chi connectivity index (χ2n) is 12.1. The van der Waals surface area contributed by atoms with Crippen LogP contribution in [0.4, 0.5) is 0 Å². The average Bonchev–Trinajstić information content (AvgIpc) is 3.09. The first-order valence-corrected chi connectivity index (χ1v) is 13.3. The Morgan fingerprint density at radius 2 is 2.06 bits per heavy atom. The minimum absolute atomic E-state index is 0.0920. The topological polar surface area (TPSA) is 49.7 Å². The molecule has 0 aromatic heterocycles. The maximum atomic E-state index is 10.6. The van der Waals surface area contributed by atoms with Crippen molar-refractivity contribution in [1.82, 2.24) is 0 Å². The van der Waals surface area contributed by atoms with Gasteiger partial charge in [0.2, 0.25) is 0 Å². The van der Waals surface area contributed by atoms with Gasteiger partial charge in [0.25, 0.3) is 0 Å². The van der Waals surface area contributed by atoms with Crippen LogP contribution in [0.15, 0.2) is 34.9 Å². The standard InChI is InChI=1S/C29H46O3/c1-20(8-5-15-28(2,3)31)24-13-14-25-22(9-6-16-29(24,25)4)12-11-21-18-26(30)23-10-7-17-32-27(23)19-21/h10-12,20,24-27,30-31H,5-9,13-19H2,1-4H3/b21-11-,22-12+/t20-,24-,25+,26-,27-,29-/m1/s1. The van der Waals surface area contributed by atoms with E-state index in [1.165, 1.54) is 44.1 Å². The fraction of sp³-hybridized carbons (Fsp3) is 0.793. The van der Waals surface area contributed by atoms with E-state index in [9.17, 15) is 10.2 Å². The number of ether oxygens (including phenoxy) is 1. The second-order valence-corrected chi connectivity index (χ2v) is 12.1. The number of allylic oxidation sites excluding steroid dienone is 3. The summed E-state index contributed by atoms with van der Waals surface area (Å²) >= 11 is 0. The lowest BCUT2D eigenvalue weighted by atomic mass is 9.60. The molecule has 1 aliphatic heterocycles. The molecule has 0 saturated heterocycles. The highest BCUT2D eigenvalue weighted by Gasteiger charge is 2.50. The Balaban J connectivity index is 1.42. The lowest BCUT2D eigenvalue weighted by molar-refractivity contribution is 0.0368. The molecule has 3 fully saturated rings. The molecule has 0 spiro atoms. The van der Waals surface area contributed by atoms with Crippen LogP contribution in [-0.2, 0) is 4.74 Å². The van der Waals surface area contributed by atoms with Crippen molar-refractivity contribution in [1.29, 1.82) is 0 Å². The van der Waals surface area contributed by atoms with E-state index < -0.39 is 5.60 Å². The van der Waals surface area contributed by atoms with Crippen molar-refractivity contribution in [3.63, 3.8) is 0 Å². The van der Waals surface area contributed by atoms with Crippen LogP contribution in [0.25, 0.3) is 0 Å². The van der Waals surface area contributed by atoms with E-state index in [-0.39, 0.29) is 12.2 Å².